The number of thiocarbonyl (C=S) groups is 1. The molecule has 2 aromatic carbocycles. The summed E-state index contributed by atoms with van der Waals surface area (Å²) in [5, 5.41) is 3.31. The number of pyridine rings is 1. The quantitative estimate of drug-likeness (QED) is 0.412. The minimum Gasteiger partial charge on any atom is -0.360 e. The minimum absolute atomic E-state index is 0.0415. The van der Waals surface area contributed by atoms with Gasteiger partial charge in [0.15, 0.2) is 5.11 Å². The van der Waals surface area contributed by atoms with Crippen molar-refractivity contribution in [3.63, 3.8) is 0 Å². The summed E-state index contributed by atoms with van der Waals surface area (Å²) in [6.07, 6.45) is 1.37. The maximum atomic E-state index is 12.9. The van der Waals surface area contributed by atoms with E-state index in [1.165, 1.54) is 30.5 Å². The van der Waals surface area contributed by atoms with E-state index in [0.717, 1.165) is 5.56 Å². The second-order valence-electron chi connectivity index (χ2n) is 5.57. The van der Waals surface area contributed by atoms with Gasteiger partial charge in [0.2, 0.25) is 5.43 Å². The first-order valence-corrected chi connectivity index (χ1v) is 8.10. The van der Waals surface area contributed by atoms with Crippen molar-refractivity contribution in [2.45, 2.75) is 6.92 Å². The van der Waals surface area contributed by atoms with Crippen LogP contribution in [0.15, 0.2) is 53.5 Å². The summed E-state index contributed by atoms with van der Waals surface area (Å²) in [5.41, 5.74) is 6.61. The molecule has 0 aliphatic heterocycles. The van der Waals surface area contributed by atoms with E-state index in [1.54, 1.807) is 12.1 Å². The van der Waals surface area contributed by atoms with E-state index in [4.69, 9.17) is 12.2 Å². The Kier molecular flexibility index (Phi) is 4.94. The minimum atomic E-state index is -0.627. The number of aryl methyl sites for hydroxylation is 1. The van der Waals surface area contributed by atoms with E-state index in [0.29, 0.717) is 16.6 Å². The number of carbonyl (C=O) groups is 1. The van der Waals surface area contributed by atoms with Crippen molar-refractivity contribution in [1.29, 1.82) is 0 Å². The zero-order valence-electron chi connectivity index (χ0n) is 13.7. The molecule has 1 heterocycles. The van der Waals surface area contributed by atoms with Gasteiger partial charge in [0.1, 0.15) is 11.4 Å². The number of carbonyl (C=O) groups excluding carboxylic acids is 1. The van der Waals surface area contributed by atoms with Gasteiger partial charge < -0.3 is 10.3 Å². The first-order chi connectivity index (χ1) is 12.5. The Hall–Kier alpha value is -3.26. The number of fused-ring (bicyclic) bond motifs is 1. The lowest BCUT2D eigenvalue weighted by Gasteiger charge is -2.12. The molecule has 0 saturated carbocycles. The number of rotatable bonds is 2. The number of amides is 1. The van der Waals surface area contributed by atoms with Crippen LogP contribution in [0.1, 0.15) is 15.9 Å². The Morgan fingerprint density at radius 2 is 1.85 bits per heavy atom. The predicted molar refractivity (Wildman–Crippen MR) is 103 cm³/mol. The van der Waals surface area contributed by atoms with Crippen molar-refractivity contribution in [2.24, 2.45) is 0 Å². The standard InChI is InChI=1S/C18H15FN4O2S/c1-10-3-2-4-13-15(10)20-9-14(16(13)24)17(25)22-23-18(26)21-12-7-5-11(19)6-8-12/h2-9H,1H3,(H,20,24)(H,22,25)(H2,21,23,26). The summed E-state index contributed by atoms with van der Waals surface area (Å²) >= 11 is 5.05. The molecule has 0 aliphatic carbocycles. The SMILES string of the molecule is Cc1cccc2c(=O)c(C(=O)NNC(=S)Nc3ccc(F)cc3)c[nH]c12. The first kappa shape index (κ1) is 17.6. The van der Waals surface area contributed by atoms with Crippen LogP contribution in [0.2, 0.25) is 0 Å². The summed E-state index contributed by atoms with van der Waals surface area (Å²) in [6, 6.07) is 10.9. The lowest BCUT2D eigenvalue weighted by atomic mass is 10.1. The lowest BCUT2D eigenvalue weighted by Crippen LogP contribution is -2.45. The molecule has 0 atom stereocenters. The third-order valence-electron chi connectivity index (χ3n) is 3.76. The van der Waals surface area contributed by atoms with Crippen LogP contribution in [0.25, 0.3) is 10.9 Å². The molecular weight excluding hydrogens is 355 g/mol. The molecule has 3 aromatic rings. The number of hydrazine groups is 1. The molecule has 3 rings (SSSR count). The van der Waals surface area contributed by atoms with Crippen molar-refractivity contribution in [3.8, 4) is 0 Å². The van der Waals surface area contributed by atoms with Crippen LogP contribution in [0.5, 0.6) is 0 Å². The third-order valence-corrected chi connectivity index (χ3v) is 3.96. The van der Waals surface area contributed by atoms with Gasteiger partial charge in [0.25, 0.3) is 5.91 Å². The maximum Gasteiger partial charge on any atom is 0.275 e. The topological polar surface area (TPSA) is 86.0 Å². The van der Waals surface area contributed by atoms with E-state index in [1.807, 2.05) is 13.0 Å². The van der Waals surface area contributed by atoms with Gasteiger partial charge in [-0.05, 0) is 55.0 Å². The summed E-state index contributed by atoms with van der Waals surface area (Å²) in [6.45, 7) is 1.87. The third kappa shape index (κ3) is 3.70. The van der Waals surface area contributed by atoms with Gasteiger partial charge in [-0.1, -0.05) is 12.1 Å². The van der Waals surface area contributed by atoms with Crippen molar-refractivity contribution >= 4 is 39.8 Å². The van der Waals surface area contributed by atoms with Crippen molar-refractivity contribution in [3.05, 3.63) is 75.8 Å². The first-order valence-electron chi connectivity index (χ1n) is 7.69. The summed E-state index contributed by atoms with van der Waals surface area (Å²) in [7, 11) is 0. The highest BCUT2D eigenvalue weighted by Crippen LogP contribution is 2.12. The monoisotopic (exact) mass is 370 g/mol. The van der Waals surface area contributed by atoms with Gasteiger partial charge in [0, 0.05) is 17.3 Å². The number of para-hydroxylation sites is 1. The number of aromatic nitrogens is 1. The molecule has 0 fully saturated rings. The number of hydrogen-bond donors (Lipinski definition) is 4. The fourth-order valence-electron chi connectivity index (χ4n) is 2.45. The lowest BCUT2D eigenvalue weighted by molar-refractivity contribution is 0.0943. The Labute approximate surface area is 153 Å². The summed E-state index contributed by atoms with van der Waals surface area (Å²) < 4.78 is 12.9. The van der Waals surface area contributed by atoms with Crippen molar-refractivity contribution in [1.82, 2.24) is 15.8 Å². The van der Waals surface area contributed by atoms with Crippen LogP contribution in [0.4, 0.5) is 10.1 Å². The van der Waals surface area contributed by atoms with Gasteiger partial charge in [-0.3, -0.25) is 20.4 Å². The van der Waals surface area contributed by atoms with Crippen LogP contribution in [-0.4, -0.2) is 16.0 Å². The number of anilines is 1. The smallest absolute Gasteiger partial charge is 0.275 e. The van der Waals surface area contributed by atoms with E-state index in [9.17, 15) is 14.0 Å². The fourth-order valence-corrected chi connectivity index (χ4v) is 2.62. The Morgan fingerprint density at radius 1 is 1.12 bits per heavy atom. The van der Waals surface area contributed by atoms with Gasteiger partial charge in [-0.15, -0.1) is 0 Å². The van der Waals surface area contributed by atoms with Crippen LogP contribution < -0.4 is 21.6 Å². The molecule has 26 heavy (non-hydrogen) atoms. The van der Waals surface area contributed by atoms with E-state index < -0.39 is 5.91 Å². The number of H-pyrrole nitrogens is 1. The van der Waals surface area contributed by atoms with E-state index in [-0.39, 0.29) is 21.9 Å². The van der Waals surface area contributed by atoms with Crippen LogP contribution in [0, 0.1) is 12.7 Å². The Morgan fingerprint density at radius 3 is 2.58 bits per heavy atom. The maximum absolute atomic E-state index is 12.9. The average molecular weight is 370 g/mol. The molecule has 0 aliphatic rings. The Balaban J connectivity index is 1.69. The molecule has 132 valence electrons. The highest BCUT2D eigenvalue weighted by Gasteiger charge is 2.13. The number of nitrogens with one attached hydrogen (secondary N) is 4. The molecule has 0 saturated heterocycles. The van der Waals surface area contributed by atoms with Crippen LogP contribution in [-0.2, 0) is 0 Å². The molecule has 0 radical (unpaired) electrons. The predicted octanol–water partition coefficient (Wildman–Crippen LogP) is 2.61. The van der Waals surface area contributed by atoms with Crippen LogP contribution in [0.3, 0.4) is 0 Å². The summed E-state index contributed by atoms with van der Waals surface area (Å²) in [4.78, 5) is 27.7. The molecular formula is C18H15FN4O2S. The number of benzene rings is 2. The number of hydrogen-bond acceptors (Lipinski definition) is 3. The molecule has 0 unspecified atom stereocenters. The van der Waals surface area contributed by atoms with E-state index in [2.05, 4.69) is 21.2 Å². The molecule has 6 nitrogen and oxygen atoms in total. The van der Waals surface area contributed by atoms with Crippen molar-refractivity contribution in [2.75, 3.05) is 5.32 Å². The van der Waals surface area contributed by atoms with Crippen LogP contribution >= 0.6 is 12.2 Å². The van der Waals surface area contributed by atoms with Gasteiger partial charge in [0.05, 0.1) is 5.52 Å². The highest BCUT2D eigenvalue weighted by molar-refractivity contribution is 7.80. The fraction of sp³-hybridized carbons (Fsp3) is 0.0556. The second kappa shape index (κ2) is 7.32. The number of halogens is 1. The van der Waals surface area contributed by atoms with E-state index >= 15 is 0 Å². The summed E-state index contributed by atoms with van der Waals surface area (Å²) in [5.74, 6) is -0.994. The van der Waals surface area contributed by atoms with Gasteiger partial charge in [-0.2, -0.15) is 0 Å². The molecule has 1 aromatic heterocycles. The average Bonchev–Trinajstić information content (AvgIpc) is 2.63. The zero-order chi connectivity index (χ0) is 18.7. The molecule has 1 amide bonds. The zero-order valence-corrected chi connectivity index (χ0v) is 14.5. The largest absolute Gasteiger partial charge is 0.360 e. The normalized spacial score (nSPS) is 10.4. The molecule has 0 bridgehead atoms. The van der Waals surface area contributed by atoms with Crippen molar-refractivity contribution < 1.29 is 9.18 Å². The molecule has 4 N–H and O–H groups in total. The molecule has 0 spiro atoms. The van der Waals surface area contributed by atoms with Gasteiger partial charge >= 0.3 is 0 Å². The number of aromatic amines is 1. The Bertz CT molecular complexity index is 1050. The van der Waals surface area contributed by atoms with Gasteiger partial charge in [-0.25, -0.2) is 4.39 Å². The second-order valence-corrected chi connectivity index (χ2v) is 5.98. The molecule has 8 heteroatoms. The highest BCUT2D eigenvalue weighted by atomic mass is 32.1.